The summed E-state index contributed by atoms with van der Waals surface area (Å²) in [6.07, 6.45) is 3.90. The van der Waals surface area contributed by atoms with Crippen molar-refractivity contribution in [2.24, 2.45) is 0 Å². The van der Waals surface area contributed by atoms with Crippen LogP contribution < -0.4 is 5.19 Å². The number of thiophene rings is 1. The first-order chi connectivity index (χ1) is 24.9. The van der Waals surface area contributed by atoms with E-state index in [0.717, 1.165) is 22.5 Å². The van der Waals surface area contributed by atoms with Crippen LogP contribution >= 0.6 is 11.3 Å². The minimum atomic E-state index is -1.23. The van der Waals surface area contributed by atoms with E-state index in [1.54, 1.807) is 11.3 Å². The Labute approximate surface area is 324 Å². The van der Waals surface area contributed by atoms with Gasteiger partial charge in [-0.05, 0) is 71.8 Å². The summed E-state index contributed by atoms with van der Waals surface area (Å²) >= 11 is 1.80. The Morgan fingerprint density at radius 3 is 2.15 bits per heavy atom. The molecule has 9 rings (SSSR count). The van der Waals surface area contributed by atoms with Gasteiger partial charge in [0.05, 0.1) is 8.07 Å². The molecular formula is C47H36IrN2SSi-2. The van der Waals surface area contributed by atoms with Gasteiger partial charge in [-0.1, -0.05) is 128 Å². The molecule has 0 fully saturated rings. The molecule has 1 radical (unpaired) electrons. The van der Waals surface area contributed by atoms with Gasteiger partial charge in [-0.15, -0.1) is 59.7 Å². The third-order valence-electron chi connectivity index (χ3n) is 9.25. The Morgan fingerprint density at radius 2 is 1.37 bits per heavy atom. The SMILES string of the molecule is C[Si](C)(C)c1ccc(-c2[c-]cccc2)nc1.[Ir].[c-]1c(-c2cc(-c3ccccc3)ccn2)ccc2c1sc1ccc(-c3cccc4ccccc34)cc12. The monoisotopic (exact) mass is 881 g/mol. The second kappa shape index (κ2) is 15.3. The fourth-order valence-corrected chi connectivity index (χ4v) is 8.56. The summed E-state index contributed by atoms with van der Waals surface area (Å²) < 4.78 is 2.45. The smallest absolute Gasteiger partial charge is 0.0795 e. The third kappa shape index (κ3) is 7.46. The molecule has 3 aromatic heterocycles. The van der Waals surface area contributed by atoms with Crippen LogP contribution in [0.5, 0.6) is 0 Å². The van der Waals surface area contributed by atoms with E-state index in [2.05, 4.69) is 163 Å². The molecule has 0 amide bonds. The summed E-state index contributed by atoms with van der Waals surface area (Å²) in [5.41, 5.74) is 8.91. The minimum absolute atomic E-state index is 0. The van der Waals surface area contributed by atoms with Crippen LogP contribution in [0.25, 0.3) is 75.7 Å². The van der Waals surface area contributed by atoms with Gasteiger partial charge >= 0.3 is 0 Å². The van der Waals surface area contributed by atoms with Gasteiger partial charge in [-0.3, -0.25) is 0 Å². The van der Waals surface area contributed by atoms with E-state index in [9.17, 15) is 0 Å². The van der Waals surface area contributed by atoms with Crippen molar-refractivity contribution in [3.8, 4) is 44.8 Å². The Morgan fingerprint density at radius 1 is 0.558 bits per heavy atom. The molecule has 0 atom stereocenters. The number of benzene rings is 6. The van der Waals surface area contributed by atoms with Crippen molar-refractivity contribution < 1.29 is 20.1 Å². The average molecular weight is 881 g/mol. The maximum absolute atomic E-state index is 4.65. The minimum Gasteiger partial charge on any atom is -0.305 e. The van der Waals surface area contributed by atoms with Gasteiger partial charge in [0.15, 0.2) is 0 Å². The van der Waals surface area contributed by atoms with Gasteiger partial charge < -0.3 is 9.97 Å². The van der Waals surface area contributed by atoms with E-state index in [0.29, 0.717) is 0 Å². The van der Waals surface area contributed by atoms with Crippen molar-refractivity contribution >= 4 is 55.5 Å². The van der Waals surface area contributed by atoms with Crippen LogP contribution in [0.2, 0.25) is 19.6 Å². The molecule has 0 saturated carbocycles. The van der Waals surface area contributed by atoms with Gasteiger partial charge in [0.1, 0.15) is 0 Å². The first kappa shape index (κ1) is 35.4. The number of hydrogen-bond donors (Lipinski definition) is 0. The predicted molar refractivity (Wildman–Crippen MR) is 221 cm³/mol. The van der Waals surface area contributed by atoms with Crippen LogP contribution in [-0.2, 0) is 20.1 Å². The van der Waals surface area contributed by atoms with Crippen LogP contribution in [0.15, 0.2) is 164 Å². The summed E-state index contributed by atoms with van der Waals surface area (Å²) in [5, 5.41) is 6.47. The second-order valence-corrected chi connectivity index (χ2v) is 19.8. The molecule has 3 heterocycles. The molecule has 0 aliphatic carbocycles. The second-order valence-electron chi connectivity index (χ2n) is 13.7. The number of hydrogen-bond acceptors (Lipinski definition) is 3. The molecule has 0 aliphatic rings. The zero-order valence-corrected chi connectivity index (χ0v) is 33.4. The fourth-order valence-electron chi connectivity index (χ4n) is 6.44. The number of nitrogens with zero attached hydrogens (tertiary/aromatic N) is 2. The third-order valence-corrected chi connectivity index (χ3v) is 12.4. The maximum atomic E-state index is 4.65. The van der Waals surface area contributed by atoms with Crippen LogP contribution in [0.3, 0.4) is 0 Å². The normalized spacial score (nSPS) is 11.2. The summed E-state index contributed by atoms with van der Waals surface area (Å²) in [5.74, 6) is 0. The van der Waals surface area contributed by atoms with Crippen molar-refractivity contribution in [1.82, 2.24) is 9.97 Å². The number of pyridine rings is 2. The van der Waals surface area contributed by atoms with E-state index in [1.807, 2.05) is 42.7 Å². The van der Waals surface area contributed by atoms with Crippen LogP contribution in [0.1, 0.15) is 0 Å². The van der Waals surface area contributed by atoms with E-state index in [-0.39, 0.29) is 20.1 Å². The molecule has 0 N–H and O–H groups in total. The predicted octanol–water partition coefficient (Wildman–Crippen LogP) is 12.5. The molecule has 255 valence electrons. The van der Waals surface area contributed by atoms with E-state index < -0.39 is 8.07 Å². The Hall–Kier alpha value is -5.03. The van der Waals surface area contributed by atoms with E-state index in [4.69, 9.17) is 0 Å². The summed E-state index contributed by atoms with van der Waals surface area (Å²) in [6.45, 7) is 7.00. The first-order valence-electron chi connectivity index (χ1n) is 17.2. The van der Waals surface area contributed by atoms with Gasteiger partial charge in [0.25, 0.3) is 0 Å². The average Bonchev–Trinajstić information content (AvgIpc) is 3.56. The summed E-state index contributed by atoms with van der Waals surface area (Å²) in [4.78, 5) is 9.17. The molecule has 0 aliphatic heterocycles. The van der Waals surface area contributed by atoms with Crippen molar-refractivity contribution in [3.05, 3.63) is 176 Å². The standard InChI is InChI=1S/C33H20NS.C14H16NSi.Ir/c1-2-7-22(8-3-1)24-17-18-34-31(20-24)26-13-15-29-30-19-25(14-16-32(30)35-33(29)21-26)28-12-6-10-23-9-4-5-11-27(23)28;1-16(2,3)13-9-10-14(15-11-13)12-7-5-4-6-8-12;/h1-20H;4-7,9-11H,1-3H3;/q2*-1;. The van der Waals surface area contributed by atoms with Crippen molar-refractivity contribution in [2.45, 2.75) is 19.6 Å². The topological polar surface area (TPSA) is 25.8 Å². The number of rotatable bonds is 5. The van der Waals surface area contributed by atoms with Gasteiger partial charge in [0, 0.05) is 37.2 Å². The molecular weight excluding hydrogens is 845 g/mol. The molecule has 9 aromatic rings. The van der Waals surface area contributed by atoms with Crippen LogP contribution in [0, 0.1) is 12.1 Å². The van der Waals surface area contributed by atoms with Crippen molar-refractivity contribution in [1.29, 1.82) is 0 Å². The molecule has 2 nitrogen and oxygen atoms in total. The molecule has 0 unspecified atom stereocenters. The molecule has 52 heavy (non-hydrogen) atoms. The summed E-state index contributed by atoms with van der Waals surface area (Å²) in [7, 11) is -1.23. The Bertz CT molecular complexity index is 2610. The van der Waals surface area contributed by atoms with E-state index in [1.165, 1.54) is 58.4 Å². The summed E-state index contributed by atoms with van der Waals surface area (Å²) in [6, 6.07) is 60.1. The maximum Gasteiger partial charge on any atom is 0.0795 e. The quantitative estimate of drug-likeness (QED) is 0.127. The zero-order valence-electron chi connectivity index (χ0n) is 29.2. The number of fused-ring (bicyclic) bond motifs is 4. The van der Waals surface area contributed by atoms with E-state index >= 15 is 0 Å². The van der Waals surface area contributed by atoms with Crippen LogP contribution in [0.4, 0.5) is 0 Å². The zero-order chi connectivity index (χ0) is 34.8. The first-order valence-corrected chi connectivity index (χ1v) is 21.5. The molecule has 0 bridgehead atoms. The molecule has 5 heteroatoms. The Balaban J connectivity index is 0.000000209. The fraction of sp³-hybridized carbons (Fsp3) is 0.0638. The van der Waals surface area contributed by atoms with Crippen molar-refractivity contribution in [3.63, 3.8) is 0 Å². The van der Waals surface area contributed by atoms with Gasteiger partial charge in [-0.25, -0.2) is 0 Å². The molecule has 0 spiro atoms. The van der Waals surface area contributed by atoms with Crippen LogP contribution in [-0.4, -0.2) is 18.0 Å². The molecule has 6 aromatic carbocycles. The number of aromatic nitrogens is 2. The Kier molecular flexibility index (Phi) is 10.4. The molecule has 0 saturated heterocycles. The van der Waals surface area contributed by atoms with Gasteiger partial charge in [-0.2, -0.15) is 11.3 Å². The van der Waals surface area contributed by atoms with Gasteiger partial charge in [0.2, 0.25) is 0 Å². The largest absolute Gasteiger partial charge is 0.305 e. The van der Waals surface area contributed by atoms with Crippen molar-refractivity contribution in [2.75, 3.05) is 0 Å².